The maximum absolute atomic E-state index is 6.25. The molecule has 51 heavy (non-hydrogen) atoms. The molecule has 0 amide bonds. The van der Waals surface area contributed by atoms with Crippen LogP contribution in [-0.2, 0) is 10.8 Å². The van der Waals surface area contributed by atoms with Crippen molar-refractivity contribution in [2.24, 2.45) is 0 Å². The second-order valence-corrected chi connectivity index (χ2v) is 14.9. The van der Waals surface area contributed by atoms with Crippen LogP contribution >= 0.6 is 0 Å². The van der Waals surface area contributed by atoms with Crippen LogP contribution in [0.4, 0.5) is 0 Å². The lowest BCUT2D eigenvalue weighted by molar-refractivity contribution is 0.301. The normalized spacial score (nSPS) is 14.6. The molecule has 2 aromatic heterocycles. The highest BCUT2D eigenvalue weighted by molar-refractivity contribution is 6.12. The van der Waals surface area contributed by atoms with Crippen molar-refractivity contribution in [3.8, 4) is 45.3 Å². The van der Waals surface area contributed by atoms with Crippen molar-refractivity contribution in [3.63, 3.8) is 0 Å². The highest BCUT2D eigenvalue weighted by Crippen LogP contribution is 2.56. The summed E-state index contributed by atoms with van der Waals surface area (Å²) in [4.78, 5) is 15.2. The van der Waals surface area contributed by atoms with Gasteiger partial charge in [-0.25, -0.2) is 15.0 Å². The van der Waals surface area contributed by atoms with Crippen molar-refractivity contribution < 1.29 is 4.42 Å². The van der Waals surface area contributed by atoms with E-state index in [4.69, 9.17) is 19.4 Å². The predicted molar refractivity (Wildman–Crippen MR) is 210 cm³/mol. The zero-order valence-electron chi connectivity index (χ0n) is 29.0. The molecule has 0 saturated heterocycles. The fraction of sp³-hybridized carbons (Fsp3) is 0.128. The smallest absolute Gasteiger partial charge is 0.164 e. The maximum atomic E-state index is 6.25. The molecule has 0 atom stereocenters. The van der Waals surface area contributed by atoms with Crippen molar-refractivity contribution in [3.05, 3.63) is 151 Å². The van der Waals surface area contributed by atoms with Gasteiger partial charge in [0.1, 0.15) is 11.2 Å². The van der Waals surface area contributed by atoms with Crippen LogP contribution < -0.4 is 0 Å². The van der Waals surface area contributed by atoms with Crippen molar-refractivity contribution in [2.75, 3.05) is 0 Å². The number of furan rings is 1. The zero-order chi connectivity index (χ0) is 34.5. The number of nitrogens with zero attached hydrogens (tertiary/aromatic N) is 3. The molecule has 0 fully saturated rings. The molecule has 0 saturated carbocycles. The number of para-hydroxylation sites is 1. The molecule has 4 heteroatoms. The fourth-order valence-corrected chi connectivity index (χ4v) is 8.30. The van der Waals surface area contributed by atoms with Gasteiger partial charge in [-0.1, -0.05) is 143 Å². The van der Waals surface area contributed by atoms with Crippen molar-refractivity contribution in [2.45, 2.75) is 38.5 Å². The first kappa shape index (κ1) is 29.8. The van der Waals surface area contributed by atoms with Gasteiger partial charge in [0, 0.05) is 32.9 Å². The summed E-state index contributed by atoms with van der Waals surface area (Å²) in [5.41, 5.74) is 9.77. The molecule has 244 valence electrons. The van der Waals surface area contributed by atoms with E-state index in [9.17, 15) is 0 Å². The Morgan fingerprint density at radius 3 is 1.84 bits per heavy atom. The highest BCUT2D eigenvalue weighted by atomic mass is 16.3. The van der Waals surface area contributed by atoms with Crippen LogP contribution in [0.15, 0.2) is 144 Å². The van der Waals surface area contributed by atoms with Crippen LogP contribution in [0, 0.1) is 0 Å². The van der Waals surface area contributed by atoms with Gasteiger partial charge in [-0.05, 0) is 73.5 Å². The molecular weight excluding hydrogens is 623 g/mol. The Hall–Kier alpha value is -6.13. The molecule has 0 bridgehead atoms. The minimum absolute atomic E-state index is 0.0534. The summed E-state index contributed by atoms with van der Waals surface area (Å²) in [6.07, 6.45) is 0. The number of benzene rings is 7. The van der Waals surface area contributed by atoms with Gasteiger partial charge in [-0.3, -0.25) is 0 Å². The van der Waals surface area contributed by atoms with Crippen molar-refractivity contribution in [1.82, 2.24) is 15.0 Å². The van der Waals surface area contributed by atoms with E-state index in [1.165, 1.54) is 43.8 Å². The third-order valence-corrected chi connectivity index (χ3v) is 11.7. The molecule has 10 rings (SSSR count). The Labute approximate surface area is 296 Å². The summed E-state index contributed by atoms with van der Waals surface area (Å²) in [5, 5.41) is 7.08. The average Bonchev–Trinajstić information content (AvgIpc) is 3.55. The lowest BCUT2D eigenvalue weighted by Gasteiger charge is -2.48. The number of hydrogen-bond donors (Lipinski definition) is 0. The topological polar surface area (TPSA) is 51.8 Å². The maximum Gasteiger partial charge on any atom is 0.164 e. The molecule has 0 unspecified atom stereocenters. The summed E-state index contributed by atoms with van der Waals surface area (Å²) in [5.74, 6) is 1.88. The largest absolute Gasteiger partial charge is 0.456 e. The van der Waals surface area contributed by atoms with E-state index in [1.54, 1.807) is 0 Å². The van der Waals surface area contributed by atoms with E-state index in [2.05, 4.69) is 113 Å². The third kappa shape index (κ3) is 4.36. The van der Waals surface area contributed by atoms with Gasteiger partial charge in [0.2, 0.25) is 0 Å². The summed E-state index contributed by atoms with van der Waals surface area (Å²) in [7, 11) is 0. The second kappa shape index (κ2) is 10.7. The summed E-state index contributed by atoms with van der Waals surface area (Å²) >= 11 is 0. The number of hydrogen-bond acceptors (Lipinski definition) is 4. The van der Waals surface area contributed by atoms with E-state index >= 15 is 0 Å². The summed E-state index contributed by atoms with van der Waals surface area (Å²) in [6.45, 7) is 9.59. The van der Waals surface area contributed by atoms with Gasteiger partial charge >= 0.3 is 0 Å². The zero-order valence-corrected chi connectivity index (χ0v) is 29.0. The minimum Gasteiger partial charge on any atom is -0.456 e. The van der Waals surface area contributed by atoms with Gasteiger partial charge < -0.3 is 4.42 Å². The SMILES string of the molecule is CC1(C)c2ccccc2-c2ccc3c(ccc4ccc(-c5nc(-c6ccccc6)nc(-c6ccc7c(c6)oc6ccccc67)n5)cc43)c2C1(C)C. The molecule has 7 aromatic carbocycles. The van der Waals surface area contributed by atoms with E-state index in [-0.39, 0.29) is 10.8 Å². The Bertz CT molecular complexity index is 2860. The monoisotopic (exact) mass is 657 g/mol. The lowest BCUT2D eigenvalue weighted by Crippen LogP contribution is -2.43. The van der Waals surface area contributed by atoms with Gasteiger partial charge in [-0.2, -0.15) is 0 Å². The van der Waals surface area contributed by atoms with Crippen molar-refractivity contribution in [1.29, 1.82) is 0 Å². The Kier molecular flexibility index (Phi) is 6.23. The van der Waals surface area contributed by atoms with E-state index in [0.717, 1.165) is 38.6 Å². The third-order valence-electron chi connectivity index (χ3n) is 11.7. The summed E-state index contributed by atoms with van der Waals surface area (Å²) < 4.78 is 6.25. The molecule has 0 radical (unpaired) electrons. The number of aromatic nitrogens is 3. The Morgan fingerprint density at radius 2 is 1.02 bits per heavy atom. The first-order valence-corrected chi connectivity index (χ1v) is 17.6. The van der Waals surface area contributed by atoms with Crippen LogP contribution in [0.25, 0.3) is 88.8 Å². The average molecular weight is 658 g/mol. The first-order valence-electron chi connectivity index (χ1n) is 17.6. The standard InChI is InChI=1S/C47H35N3O/c1-46(2)39-16-10-8-14-33(39)37-25-24-32-36(42(37)47(46,3)4)23-20-28-18-19-30(26-38(28)32)44-48-43(29-12-6-5-7-13-29)49-45(50-44)31-21-22-35-34-15-9-11-17-40(34)51-41(35)27-31/h5-27H,1-4H3. The van der Waals surface area contributed by atoms with Gasteiger partial charge in [0.15, 0.2) is 17.5 Å². The Morgan fingerprint density at radius 1 is 0.412 bits per heavy atom. The van der Waals surface area contributed by atoms with Crippen LogP contribution in [0.2, 0.25) is 0 Å². The van der Waals surface area contributed by atoms with E-state index in [1.807, 2.05) is 54.6 Å². The molecule has 0 N–H and O–H groups in total. The van der Waals surface area contributed by atoms with Crippen LogP contribution in [0.5, 0.6) is 0 Å². The van der Waals surface area contributed by atoms with Gasteiger partial charge in [0.05, 0.1) is 0 Å². The van der Waals surface area contributed by atoms with Crippen molar-refractivity contribution >= 4 is 43.5 Å². The predicted octanol–water partition coefficient (Wildman–Crippen LogP) is 12.3. The van der Waals surface area contributed by atoms with Gasteiger partial charge in [-0.15, -0.1) is 0 Å². The fourth-order valence-electron chi connectivity index (χ4n) is 8.30. The summed E-state index contributed by atoms with van der Waals surface area (Å²) in [6, 6.07) is 49.2. The molecule has 0 aliphatic heterocycles. The number of fused-ring (bicyclic) bond motifs is 10. The van der Waals surface area contributed by atoms with E-state index in [0.29, 0.717) is 17.5 Å². The molecule has 1 aliphatic carbocycles. The lowest BCUT2D eigenvalue weighted by atomic mass is 9.55. The quantitative estimate of drug-likeness (QED) is 0.177. The Balaban J connectivity index is 1.18. The number of rotatable bonds is 3. The van der Waals surface area contributed by atoms with Gasteiger partial charge in [0.25, 0.3) is 0 Å². The molecular formula is C47H35N3O. The van der Waals surface area contributed by atoms with Crippen LogP contribution in [-0.4, -0.2) is 15.0 Å². The second-order valence-electron chi connectivity index (χ2n) is 14.9. The highest BCUT2D eigenvalue weighted by Gasteiger charge is 2.46. The molecule has 0 spiro atoms. The minimum atomic E-state index is -0.101. The molecule has 1 aliphatic rings. The molecule has 4 nitrogen and oxygen atoms in total. The van der Waals surface area contributed by atoms with Crippen LogP contribution in [0.3, 0.4) is 0 Å². The van der Waals surface area contributed by atoms with E-state index < -0.39 is 0 Å². The molecule has 9 aromatic rings. The molecule has 2 heterocycles. The van der Waals surface area contributed by atoms with Crippen LogP contribution in [0.1, 0.15) is 38.8 Å². The first-order chi connectivity index (χ1) is 24.8.